The zero-order chi connectivity index (χ0) is 15.7. The first kappa shape index (κ1) is 16.9. The van der Waals surface area contributed by atoms with E-state index in [1.165, 1.54) is 13.2 Å². The standard InChI is InChI=1S/C13H17NO7/c1-18-3-4-20-5-6-21-13-7-10(9-15)11(14(16)17)8-12(13)19-2/h7-9H,3-6H2,1-2H3. The molecule has 0 aliphatic heterocycles. The summed E-state index contributed by atoms with van der Waals surface area (Å²) in [7, 11) is 2.93. The molecule has 116 valence electrons. The van der Waals surface area contributed by atoms with Crippen molar-refractivity contribution in [1.29, 1.82) is 0 Å². The Hall–Kier alpha value is -2.19. The van der Waals surface area contributed by atoms with Crippen molar-refractivity contribution in [3.63, 3.8) is 0 Å². The van der Waals surface area contributed by atoms with Gasteiger partial charge in [-0.05, 0) is 0 Å². The van der Waals surface area contributed by atoms with Crippen LogP contribution < -0.4 is 9.47 Å². The van der Waals surface area contributed by atoms with Crippen LogP contribution in [0.1, 0.15) is 10.4 Å². The van der Waals surface area contributed by atoms with Gasteiger partial charge in [-0.3, -0.25) is 14.9 Å². The van der Waals surface area contributed by atoms with Crippen molar-refractivity contribution >= 4 is 12.0 Å². The van der Waals surface area contributed by atoms with Gasteiger partial charge in [0, 0.05) is 13.2 Å². The molecule has 0 saturated heterocycles. The highest BCUT2D eigenvalue weighted by Crippen LogP contribution is 2.33. The third kappa shape index (κ3) is 5.01. The molecule has 0 N–H and O–H groups in total. The smallest absolute Gasteiger partial charge is 0.283 e. The van der Waals surface area contributed by atoms with Gasteiger partial charge in [-0.15, -0.1) is 0 Å². The summed E-state index contributed by atoms with van der Waals surface area (Å²) < 4.78 is 20.5. The molecular formula is C13H17NO7. The number of hydrogen-bond acceptors (Lipinski definition) is 7. The van der Waals surface area contributed by atoms with Crippen LogP contribution in [-0.2, 0) is 9.47 Å². The number of carbonyl (C=O) groups excluding carboxylic acids is 1. The number of carbonyl (C=O) groups is 1. The maximum absolute atomic E-state index is 10.9. The molecule has 8 heteroatoms. The molecule has 0 atom stereocenters. The van der Waals surface area contributed by atoms with Crippen LogP contribution in [0.4, 0.5) is 5.69 Å². The molecule has 0 aliphatic rings. The van der Waals surface area contributed by atoms with E-state index < -0.39 is 4.92 Å². The Morgan fingerprint density at radius 1 is 1.14 bits per heavy atom. The van der Waals surface area contributed by atoms with Crippen molar-refractivity contribution in [1.82, 2.24) is 0 Å². The highest BCUT2D eigenvalue weighted by Gasteiger charge is 2.19. The molecule has 0 fully saturated rings. The molecular weight excluding hydrogens is 282 g/mol. The minimum atomic E-state index is -0.649. The summed E-state index contributed by atoms with van der Waals surface area (Å²) in [5.41, 5.74) is -0.401. The number of ether oxygens (including phenoxy) is 4. The Bertz CT molecular complexity index is 490. The number of rotatable bonds is 10. The van der Waals surface area contributed by atoms with Gasteiger partial charge >= 0.3 is 0 Å². The van der Waals surface area contributed by atoms with Gasteiger partial charge in [0.25, 0.3) is 5.69 Å². The van der Waals surface area contributed by atoms with Gasteiger partial charge in [0.1, 0.15) is 6.61 Å². The van der Waals surface area contributed by atoms with Crippen LogP contribution in [0.3, 0.4) is 0 Å². The molecule has 0 aromatic heterocycles. The van der Waals surface area contributed by atoms with Crippen LogP contribution in [0.15, 0.2) is 12.1 Å². The van der Waals surface area contributed by atoms with Crippen molar-refractivity contribution < 1.29 is 28.7 Å². The van der Waals surface area contributed by atoms with Crippen LogP contribution in [0.5, 0.6) is 11.5 Å². The molecule has 0 amide bonds. The molecule has 21 heavy (non-hydrogen) atoms. The summed E-state index contributed by atoms with van der Waals surface area (Å²) in [5, 5.41) is 10.8. The molecule has 0 heterocycles. The van der Waals surface area contributed by atoms with Gasteiger partial charge in [-0.2, -0.15) is 0 Å². The Labute approximate surface area is 121 Å². The summed E-state index contributed by atoms with van der Waals surface area (Å²) in [6.45, 7) is 1.46. The lowest BCUT2D eigenvalue weighted by atomic mass is 10.1. The summed E-state index contributed by atoms with van der Waals surface area (Å²) in [6.07, 6.45) is 0.402. The van der Waals surface area contributed by atoms with Gasteiger partial charge in [0.2, 0.25) is 0 Å². The second-order valence-corrected chi connectivity index (χ2v) is 3.89. The zero-order valence-corrected chi connectivity index (χ0v) is 11.9. The molecule has 8 nitrogen and oxygen atoms in total. The second kappa shape index (κ2) is 8.88. The first-order chi connectivity index (χ1) is 10.1. The van der Waals surface area contributed by atoms with Crippen molar-refractivity contribution in [3.05, 3.63) is 27.8 Å². The van der Waals surface area contributed by atoms with E-state index in [9.17, 15) is 14.9 Å². The molecule has 0 radical (unpaired) electrons. The van der Waals surface area contributed by atoms with Crippen molar-refractivity contribution in [3.8, 4) is 11.5 Å². The number of nitrogens with zero attached hydrogens (tertiary/aromatic N) is 1. The number of aldehydes is 1. The monoisotopic (exact) mass is 299 g/mol. The first-order valence-corrected chi connectivity index (χ1v) is 6.15. The molecule has 1 aromatic carbocycles. The Morgan fingerprint density at radius 2 is 1.86 bits per heavy atom. The number of hydrogen-bond donors (Lipinski definition) is 0. The van der Waals surface area contributed by atoms with E-state index in [2.05, 4.69) is 0 Å². The minimum absolute atomic E-state index is 0.0731. The van der Waals surface area contributed by atoms with Gasteiger partial charge < -0.3 is 18.9 Å². The van der Waals surface area contributed by atoms with E-state index in [0.29, 0.717) is 26.1 Å². The Balaban J connectivity index is 2.72. The van der Waals surface area contributed by atoms with E-state index in [4.69, 9.17) is 18.9 Å². The lowest BCUT2D eigenvalue weighted by Gasteiger charge is -2.11. The molecule has 0 saturated carbocycles. The predicted molar refractivity (Wildman–Crippen MR) is 73.2 cm³/mol. The van der Waals surface area contributed by atoms with Gasteiger partial charge in [-0.25, -0.2) is 0 Å². The van der Waals surface area contributed by atoms with E-state index in [1.54, 1.807) is 7.11 Å². The number of nitro groups is 1. The van der Waals surface area contributed by atoms with Crippen molar-refractivity contribution in [2.24, 2.45) is 0 Å². The van der Waals surface area contributed by atoms with Crippen LogP contribution in [0.2, 0.25) is 0 Å². The lowest BCUT2D eigenvalue weighted by Crippen LogP contribution is -2.10. The van der Waals surface area contributed by atoms with Crippen LogP contribution in [0.25, 0.3) is 0 Å². The SMILES string of the molecule is COCCOCCOc1cc(C=O)c([N+](=O)[O-])cc1OC. The fourth-order valence-electron chi connectivity index (χ4n) is 1.54. The maximum atomic E-state index is 10.9. The van der Waals surface area contributed by atoms with Gasteiger partial charge in [0.05, 0.1) is 43.5 Å². The first-order valence-electron chi connectivity index (χ1n) is 6.15. The van der Waals surface area contributed by atoms with Crippen LogP contribution in [-0.4, -0.2) is 51.9 Å². The summed E-state index contributed by atoms with van der Waals surface area (Å²) >= 11 is 0. The number of benzene rings is 1. The average molecular weight is 299 g/mol. The zero-order valence-electron chi connectivity index (χ0n) is 11.9. The number of methoxy groups -OCH3 is 2. The van der Waals surface area contributed by atoms with Crippen molar-refractivity contribution in [2.75, 3.05) is 40.6 Å². The van der Waals surface area contributed by atoms with E-state index >= 15 is 0 Å². The topological polar surface area (TPSA) is 97.1 Å². The van der Waals surface area contributed by atoms with Gasteiger partial charge in [0.15, 0.2) is 17.8 Å². The Kier molecular flexibility index (Phi) is 7.13. The fourth-order valence-corrected chi connectivity index (χ4v) is 1.54. The third-order valence-corrected chi connectivity index (χ3v) is 2.55. The molecule has 0 spiro atoms. The summed E-state index contributed by atoms with van der Waals surface area (Å²) in [4.78, 5) is 21.1. The normalized spacial score (nSPS) is 10.2. The molecule has 1 aromatic rings. The van der Waals surface area contributed by atoms with E-state index in [0.717, 1.165) is 6.07 Å². The fraction of sp³-hybridized carbons (Fsp3) is 0.462. The Morgan fingerprint density at radius 3 is 2.43 bits per heavy atom. The average Bonchev–Trinajstić information content (AvgIpc) is 2.49. The predicted octanol–water partition coefficient (Wildman–Crippen LogP) is 1.46. The van der Waals surface area contributed by atoms with Crippen LogP contribution in [0, 0.1) is 10.1 Å². The number of nitro benzene ring substituents is 1. The summed E-state index contributed by atoms with van der Waals surface area (Å²) in [5.74, 6) is 0.435. The van der Waals surface area contributed by atoms with Crippen molar-refractivity contribution in [2.45, 2.75) is 0 Å². The minimum Gasteiger partial charge on any atom is -0.493 e. The van der Waals surface area contributed by atoms with E-state index in [1.807, 2.05) is 0 Å². The maximum Gasteiger partial charge on any atom is 0.283 e. The highest BCUT2D eigenvalue weighted by molar-refractivity contribution is 5.83. The largest absolute Gasteiger partial charge is 0.493 e. The molecule has 0 bridgehead atoms. The second-order valence-electron chi connectivity index (χ2n) is 3.89. The quantitative estimate of drug-likeness (QED) is 0.279. The highest BCUT2D eigenvalue weighted by atomic mass is 16.6. The molecule has 0 unspecified atom stereocenters. The molecule has 1 rings (SSSR count). The van der Waals surface area contributed by atoms with E-state index in [-0.39, 0.29) is 29.4 Å². The summed E-state index contributed by atoms with van der Waals surface area (Å²) in [6, 6.07) is 2.43. The lowest BCUT2D eigenvalue weighted by molar-refractivity contribution is -0.385. The van der Waals surface area contributed by atoms with Gasteiger partial charge in [-0.1, -0.05) is 0 Å². The third-order valence-electron chi connectivity index (χ3n) is 2.55. The molecule has 0 aliphatic carbocycles. The van der Waals surface area contributed by atoms with Crippen LogP contribution >= 0.6 is 0 Å².